The van der Waals surface area contributed by atoms with Gasteiger partial charge in [-0.05, 0) is 57.7 Å². The highest BCUT2D eigenvalue weighted by Gasteiger charge is 2.13. The number of sulfonamides is 1. The molecule has 0 aromatic heterocycles. The average Bonchev–Trinajstić information content (AvgIpc) is 2.47. The molecule has 2 N–H and O–H groups in total. The standard InChI is InChI=1S/C15H27N3O2S/c1-4-18(3)13-12-17-21(19,20)15-9-7-14(8-10-15)6-5-11-16-2/h7-10,16-17H,4-6,11-13H2,1-3H3. The Balaban J connectivity index is 2.54. The van der Waals surface area contributed by atoms with Crippen molar-refractivity contribution in [2.75, 3.05) is 40.3 Å². The molecule has 0 radical (unpaired) electrons. The number of aryl methyl sites for hydroxylation is 1. The Morgan fingerprint density at radius 1 is 1.14 bits per heavy atom. The van der Waals surface area contributed by atoms with Crippen LogP contribution in [0, 0.1) is 0 Å². The molecule has 0 bridgehead atoms. The van der Waals surface area contributed by atoms with Gasteiger partial charge in [0.2, 0.25) is 10.0 Å². The van der Waals surface area contributed by atoms with Crippen LogP contribution in [0.3, 0.4) is 0 Å². The van der Waals surface area contributed by atoms with Gasteiger partial charge in [-0.15, -0.1) is 0 Å². The molecule has 0 saturated carbocycles. The number of hydrogen-bond acceptors (Lipinski definition) is 4. The predicted octanol–water partition coefficient (Wildman–Crippen LogP) is 1.07. The first-order chi connectivity index (χ1) is 9.99. The van der Waals surface area contributed by atoms with E-state index in [1.807, 2.05) is 33.2 Å². The van der Waals surface area contributed by atoms with Crippen LogP contribution in [0.2, 0.25) is 0 Å². The van der Waals surface area contributed by atoms with E-state index in [4.69, 9.17) is 0 Å². The molecule has 1 rings (SSSR count). The van der Waals surface area contributed by atoms with Crippen molar-refractivity contribution in [2.24, 2.45) is 0 Å². The summed E-state index contributed by atoms with van der Waals surface area (Å²) in [6, 6.07) is 7.14. The molecule has 5 nitrogen and oxygen atoms in total. The van der Waals surface area contributed by atoms with Gasteiger partial charge in [-0.1, -0.05) is 19.1 Å². The van der Waals surface area contributed by atoms with Gasteiger partial charge in [0, 0.05) is 13.1 Å². The molecule has 21 heavy (non-hydrogen) atoms. The Morgan fingerprint density at radius 2 is 1.81 bits per heavy atom. The molecule has 0 atom stereocenters. The summed E-state index contributed by atoms with van der Waals surface area (Å²) >= 11 is 0. The summed E-state index contributed by atoms with van der Waals surface area (Å²) in [7, 11) is 0.499. The number of likely N-dealkylation sites (N-methyl/N-ethyl adjacent to an activating group) is 1. The van der Waals surface area contributed by atoms with Crippen molar-refractivity contribution >= 4 is 10.0 Å². The van der Waals surface area contributed by atoms with Crippen LogP contribution in [-0.4, -0.2) is 53.6 Å². The van der Waals surface area contributed by atoms with Gasteiger partial charge >= 0.3 is 0 Å². The summed E-state index contributed by atoms with van der Waals surface area (Å²) in [6.45, 7) is 5.05. The van der Waals surface area contributed by atoms with E-state index in [1.54, 1.807) is 12.1 Å². The minimum Gasteiger partial charge on any atom is -0.320 e. The van der Waals surface area contributed by atoms with E-state index in [-0.39, 0.29) is 0 Å². The molecular formula is C15H27N3O2S. The zero-order valence-electron chi connectivity index (χ0n) is 13.2. The van der Waals surface area contributed by atoms with Crippen LogP contribution in [0.5, 0.6) is 0 Å². The zero-order chi connectivity index (χ0) is 15.7. The lowest BCUT2D eigenvalue weighted by atomic mass is 10.1. The fourth-order valence-electron chi connectivity index (χ4n) is 1.92. The van der Waals surface area contributed by atoms with Crippen LogP contribution in [0.25, 0.3) is 0 Å². The molecule has 0 unspecified atom stereocenters. The van der Waals surface area contributed by atoms with E-state index >= 15 is 0 Å². The Labute approximate surface area is 128 Å². The molecule has 0 amide bonds. The number of benzene rings is 1. The maximum atomic E-state index is 12.1. The van der Waals surface area contributed by atoms with Crippen molar-refractivity contribution < 1.29 is 8.42 Å². The summed E-state index contributed by atoms with van der Waals surface area (Å²) in [6.07, 6.45) is 2.00. The second-order valence-corrected chi connectivity index (χ2v) is 6.91. The van der Waals surface area contributed by atoms with Crippen LogP contribution < -0.4 is 10.0 Å². The van der Waals surface area contributed by atoms with Gasteiger partial charge in [0.15, 0.2) is 0 Å². The maximum absolute atomic E-state index is 12.1. The Morgan fingerprint density at radius 3 is 2.38 bits per heavy atom. The summed E-state index contributed by atoms with van der Waals surface area (Å²) in [4.78, 5) is 2.40. The van der Waals surface area contributed by atoms with Gasteiger partial charge in [-0.25, -0.2) is 13.1 Å². The third-order valence-corrected chi connectivity index (χ3v) is 4.93. The van der Waals surface area contributed by atoms with Crippen molar-refractivity contribution in [1.29, 1.82) is 0 Å². The van der Waals surface area contributed by atoms with Crippen LogP contribution in [0.4, 0.5) is 0 Å². The highest BCUT2D eigenvalue weighted by Crippen LogP contribution is 2.11. The molecule has 6 heteroatoms. The van der Waals surface area contributed by atoms with Crippen LogP contribution in [-0.2, 0) is 16.4 Å². The van der Waals surface area contributed by atoms with E-state index in [0.29, 0.717) is 18.0 Å². The summed E-state index contributed by atoms with van der Waals surface area (Å²) in [5.74, 6) is 0. The van der Waals surface area contributed by atoms with E-state index in [2.05, 4.69) is 14.9 Å². The largest absolute Gasteiger partial charge is 0.320 e. The van der Waals surface area contributed by atoms with Gasteiger partial charge < -0.3 is 10.2 Å². The van der Waals surface area contributed by atoms with Crippen LogP contribution in [0.15, 0.2) is 29.2 Å². The highest BCUT2D eigenvalue weighted by atomic mass is 32.2. The lowest BCUT2D eigenvalue weighted by Gasteiger charge is -2.14. The quantitative estimate of drug-likeness (QED) is 0.634. The topological polar surface area (TPSA) is 61.4 Å². The van der Waals surface area contributed by atoms with Gasteiger partial charge in [-0.2, -0.15) is 0 Å². The predicted molar refractivity (Wildman–Crippen MR) is 87.0 cm³/mol. The molecule has 0 aliphatic carbocycles. The molecule has 0 aliphatic heterocycles. The van der Waals surface area contributed by atoms with E-state index in [9.17, 15) is 8.42 Å². The number of rotatable bonds is 10. The summed E-state index contributed by atoms with van der Waals surface area (Å²) < 4.78 is 26.9. The molecule has 0 aliphatic rings. The van der Waals surface area contributed by atoms with E-state index in [1.165, 1.54) is 0 Å². The number of hydrogen-bond donors (Lipinski definition) is 2. The van der Waals surface area contributed by atoms with Gasteiger partial charge in [-0.3, -0.25) is 0 Å². The first-order valence-electron chi connectivity index (χ1n) is 7.41. The van der Waals surface area contributed by atoms with Gasteiger partial charge in [0.05, 0.1) is 4.90 Å². The fraction of sp³-hybridized carbons (Fsp3) is 0.600. The molecule has 1 aromatic carbocycles. The number of nitrogens with zero attached hydrogens (tertiary/aromatic N) is 1. The van der Waals surface area contributed by atoms with Crippen molar-refractivity contribution in [3.05, 3.63) is 29.8 Å². The summed E-state index contributed by atoms with van der Waals surface area (Å²) in [5.41, 5.74) is 1.16. The Kier molecular flexibility index (Phi) is 7.88. The van der Waals surface area contributed by atoms with E-state index < -0.39 is 10.0 Å². The normalized spacial score (nSPS) is 12.0. The number of nitrogens with one attached hydrogen (secondary N) is 2. The van der Waals surface area contributed by atoms with Crippen LogP contribution >= 0.6 is 0 Å². The van der Waals surface area contributed by atoms with Gasteiger partial charge in [0.25, 0.3) is 0 Å². The van der Waals surface area contributed by atoms with Crippen LogP contribution in [0.1, 0.15) is 18.9 Å². The minimum atomic E-state index is -3.40. The molecule has 120 valence electrons. The van der Waals surface area contributed by atoms with Crippen molar-refractivity contribution in [1.82, 2.24) is 14.9 Å². The third-order valence-electron chi connectivity index (χ3n) is 3.45. The lowest BCUT2D eigenvalue weighted by molar-refractivity contribution is 0.358. The molecular weight excluding hydrogens is 286 g/mol. The Hall–Kier alpha value is -0.950. The first kappa shape index (κ1) is 18.1. The molecule has 0 heterocycles. The minimum absolute atomic E-state index is 0.332. The van der Waals surface area contributed by atoms with Crippen molar-refractivity contribution in [2.45, 2.75) is 24.7 Å². The fourth-order valence-corrected chi connectivity index (χ4v) is 2.94. The average molecular weight is 313 g/mol. The second-order valence-electron chi connectivity index (χ2n) is 5.14. The SMILES string of the molecule is CCN(C)CCNS(=O)(=O)c1ccc(CCCNC)cc1. The molecule has 0 spiro atoms. The van der Waals surface area contributed by atoms with Crippen molar-refractivity contribution in [3.63, 3.8) is 0 Å². The zero-order valence-corrected chi connectivity index (χ0v) is 14.0. The maximum Gasteiger partial charge on any atom is 0.240 e. The van der Waals surface area contributed by atoms with Crippen molar-refractivity contribution in [3.8, 4) is 0 Å². The Bertz CT molecular complexity index is 500. The molecule has 0 saturated heterocycles. The van der Waals surface area contributed by atoms with Gasteiger partial charge in [0.1, 0.15) is 0 Å². The first-order valence-corrected chi connectivity index (χ1v) is 8.89. The second kappa shape index (κ2) is 9.15. The monoisotopic (exact) mass is 313 g/mol. The lowest BCUT2D eigenvalue weighted by Crippen LogP contribution is -2.32. The molecule has 1 aromatic rings. The summed E-state index contributed by atoms with van der Waals surface area (Å²) in [5, 5.41) is 3.10. The molecule has 0 fully saturated rings. The smallest absolute Gasteiger partial charge is 0.240 e. The highest BCUT2D eigenvalue weighted by molar-refractivity contribution is 7.89. The third kappa shape index (κ3) is 6.56. The van der Waals surface area contributed by atoms with E-state index in [0.717, 1.165) is 31.5 Å².